The Kier molecular flexibility index (Phi) is 6.45. The summed E-state index contributed by atoms with van der Waals surface area (Å²) in [4.78, 5) is 24.2. The average Bonchev–Trinajstić information content (AvgIpc) is 3.37. The molecule has 1 aliphatic heterocycles. The van der Waals surface area contributed by atoms with E-state index in [1.807, 2.05) is 53.4 Å². The molecule has 9 heteroatoms. The highest BCUT2D eigenvalue weighted by atomic mass is 35.5. The summed E-state index contributed by atoms with van der Waals surface area (Å²) < 4.78 is 7.44. The third kappa shape index (κ3) is 4.75. The molecule has 5 rings (SSSR count). The fourth-order valence-corrected chi connectivity index (χ4v) is 5.19. The van der Waals surface area contributed by atoms with Crippen molar-refractivity contribution in [1.29, 1.82) is 0 Å². The number of carbonyl (C=O) groups excluding carboxylic acids is 1. The molecule has 0 atom stereocenters. The number of urea groups is 1. The van der Waals surface area contributed by atoms with Gasteiger partial charge in [0.15, 0.2) is 4.96 Å². The van der Waals surface area contributed by atoms with Gasteiger partial charge >= 0.3 is 6.03 Å². The molecular weight excluding hydrogens is 470 g/mol. The number of hydrogen-bond acceptors (Lipinski definition) is 5. The average molecular weight is 496 g/mol. The first-order valence-corrected chi connectivity index (χ1v) is 12.4. The maximum Gasteiger partial charge on any atom is 0.321 e. The quantitative estimate of drug-likeness (QED) is 0.403. The fraction of sp³-hybridized carbons (Fsp3) is 0.280. The minimum Gasteiger partial charge on any atom is -0.497 e. The molecule has 176 valence electrons. The van der Waals surface area contributed by atoms with E-state index in [1.54, 1.807) is 18.4 Å². The molecule has 0 radical (unpaired) electrons. The van der Waals surface area contributed by atoms with E-state index in [0.717, 1.165) is 53.0 Å². The minimum atomic E-state index is -0.0880. The summed E-state index contributed by atoms with van der Waals surface area (Å²) in [6.45, 7) is 5.78. The van der Waals surface area contributed by atoms with Gasteiger partial charge in [0, 0.05) is 66.1 Å². The van der Waals surface area contributed by atoms with Gasteiger partial charge in [-0.15, -0.1) is 11.3 Å². The lowest BCUT2D eigenvalue weighted by molar-refractivity contribution is 0.142. The van der Waals surface area contributed by atoms with E-state index < -0.39 is 0 Å². The standard InChI is InChI=1S/C25H26ClN5O2S/c1-17-15-31-22(23(28-25(31)34-17)18-6-8-19(26)9-7-18)16-29-10-12-30(13-11-29)24(32)27-20-4-3-5-21(14-20)33-2/h3-9,14-15H,10-13,16H2,1-2H3,(H,27,32). The number of methoxy groups -OCH3 is 1. The molecule has 2 aromatic heterocycles. The lowest BCUT2D eigenvalue weighted by Gasteiger charge is -2.34. The van der Waals surface area contributed by atoms with E-state index in [2.05, 4.69) is 27.7 Å². The van der Waals surface area contributed by atoms with Crippen LogP contribution in [0.15, 0.2) is 54.7 Å². The van der Waals surface area contributed by atoms with E-state index in [1.165, 1.54) is 4.88 Å². The molecule has 3 heterocycles. The zero-order valence-corrected chi connectivity index (χ0v) is 20.7. The number of halogens is 1. The molecule has 2 amide bonds. The maximum atomic E-state index is 12.8. The van der Waals surface area contributed by atoms with Crippen molar-refractivity contribution in [3.05, 3.63) is 70.3 Å². The van der Waals surface area contributed by atoms with Crippen LogP contribution in [0.25, 0.3) is 16.2 Å². The van der Waals surface area contributed by atoms with Crippen LogP contribution in [-0.2, 0) is 6.54 Å². The number of imidazole rings is 1. The Bertz CT molecular complexity index is 1310. The molecule has 0 unspecified atom stereocenters. The van der Waals surface area contributed by atoms with Crippen molar-refractivity contribution in [2.24, 2.45) is 0 Å². The second-order valence-corrected chi connectivity index (χ2v) is 9.98. The highest BCUT2D eigenvalue weighted by molar-refractivity contribution is 7.17. The monoisotopic (exact) mass is 495 g/mol. The number of fused-ring (bicyclic) bond motifs is 1. The number of amides is 2. The number of nitrogens with one attached hydrogen (secondary N) is 1. The number of nitrogens with zero attached hydrogens (tertiary/aromatic N) is 4. The highest BCUT2D eigenvalue weighted by Crippen LogP contribution is 2.30. The summed E-state index contributed by atoms with van der Waals surface area (Å²) in [7, 11) is 1.62. The second-order valence-electron chi connectivity index (χ2n) is 8.33. The van der Waals surface area contributed by atoms with Crippen molar-refractivity contribution in [2.45, 2.75) is 13.5 Å². The molecule has 1 N–H and O–H groups in total. The number of anilines is 1. The Morgan fingerprint density at radius 2 is 1.91 bits per heavy atom. The van der Waals surface area contributed by atoms with Gasteiger partial charge in [-0.2, -0.15) is 0 Å². The predicted molar refractivity (Wildman–Crippen MR) is 137 cm³/mol. The number of thiazole rings is 1. The summed E-state index contributed by atoms with van der Waals surface area (Å²) in [5, 5.41) is 3.69. The van der Waals surface area contributed by atoms with Crippen LogP contribution >= 0.6 is 22.9 Å². The van der Waals surface area contributed by atoms with E-state index in [4.69, 9.17) is 21.3 Å². The van der Waals surface area contributed by atoms with E-state index in [-0.39, 0.29) is 6.03 Å². The Labute approximate surface area is 207 Å². The fourth-order valence-electron chi connectivity index (χ4n) is 4.22. The third-order valence-corrected chi connectivity index (χ3v) is 7.16. The van der Waals surface area contributed by atoms with Crippen molar-refractivity contribution in [3.8, 4) is 17.0 Å². The number of piperazine rings is 1. The number of rotatable bonds is 5. The predicted octanol–water partition coefficient (Wildman–Crippen LogP) is 5.38. The molecule has 1 fully saturated rings. The molecule has 7 nitrogen and oxygen atoms in total. The molecule has 0 aliphatic carbocycles. The minimum absolute atomic E-state index is 0.0880. The topological polar surface area (TPSA) is 62.1 Å². The number of ether oxygens (including phenoxy) is 1. The molecule has 1 aliphatic rings. The van der Waals surface area contributed by atoms with Crippen LogP contribution in [0.1, 0.15) is 10.6 Å². The number of aromatic nitrogens is 2. The van der Waals surface area contributed by atoms with Crippen LogP contribution in [0.3, 0.4) is 0 Å². The van der Waals surface area contributed by atoms with Crippen LogP contribution in [0.4, 0.5) is 10.5 Å². The van der Waals surface area contributed by atoms with Crippen molar-refractivity contribution in [2.75, 3.05) is 38.6 Å². The number of hydrogen-bond donors (Lipinski definition) is 1. The molecule has 0 bridgehead atoms. The molecular formula is C25H26ClN5O2S. The van der Waals surface area contributed by atoms with E-state index in [0.29, 0.717) is 18.1 Å². The summed E-state index contributed by atoms with van der Waals surface area (Å²) in [5.41, 5.74) is 3.94. The molecule has 34 heavy (non-hydrogen) atoms. The summed E-state index contributed by atoms with van der Waals surface area (Å²) in [5.74, 6) is 0.717. The van der Waals surface area contributed by atoms with Gasteiger partial charge in [0.05, 0.1) is 18.5 Å². The summed E-state index contributed by atoms with van der Waals surface area (Å²) in [6, 6.07) is 15.2. The van der Waals surface area contributed by atoms with Gasteiger partial charge in [0.2, 0.25) is 0 Å². The second kappa shape index (κ2) is 9.66. The Morgan fingerprint density at radius 3 is 2.65 bits per heavy atom. The maximum absolute atomic E-state index is 12.8. The molecule has 4 aromatic rings. The Hall–Kier alpha value is -3.07. The van der Waals surface area contributed by atoms with Crippen molar-refractivity contribution >= 4 is 39.6 Å². The normalized spacial score (nSPS) is 14.5. The van der Waals surface area contributed by atoms with Gasteiger partial charge in [0.25, 0.3) is 0 Å². The van der Waals surface area contributed by atoms with Crippen LogP contribution in [0.5, 0.6) is 5.75 Å². The van der Waals surface area contributed by atoms with Gasteiger partial charge < -0.3 is 15.0 Å². The van der Waals surface area contributed by atoms with Gasteiger partial charge in [-0.1, -0.05) is 29.8 Å². The third-order valence-electron chi connectivity index (χ3n) is 6.01. The van der Waals surface area contributed by atoms with Gasteiger partial charge in [0.1, 0.15) is 5.75 Å². The van der Waals surface area contributed by atoms with Crippen LogP contribution in [0.2, 0.25) is 5.02 Å². The summed E-state index contributed by atoms with van der Waals surface area (Å²) in [6.07, 6.45) is 2.15. The molecule has 1 saturated heterocycles. The Balaban J connectivity index is 1.28. The van der Waals surface area contributed by atoms with Crippen LogP contribution in [-0.4, -0.2) is 58.5 Å². The molecule has 0 spiro atoms. The first-order chi connectivity index (χ1) is 16.5. The van der Waals surface area contributed by atoms with Crippen LogP contribution in [0, 0.1) is 6.92 Å². The lowest BCUT2D eigenvalue weighted by Crippen LogP contribution is -2.49. The first-order valence-electron chi connectivity index (χ1n) is 11.2. The van der Waals surface area contributed by atoms with Gasteiger partial charge in [-0.3, -0.25) is 9.30 Å². The van der Waals surface area contributed by atoms with Gasteiger partial charge in [-0.25, -0.2) is 9.78 Å². The van der Waals surface area contributed by atoms with Crippen LogP contribution < -0.4 is 10.1 Å². The number of benzene rings is 2. The largest absolute Gasteiger partial charge is 0.497 e. The first kappa shape index (κ1) is 22.7. The van der Waals surface area contributed by atoms with E-state index in [9.17, 15) is 4.79 Å². The lowest BCUT2D eigenvalue weighted by atomic mass is 10.1. The summed E-state index contributed by atoms with van der Waals surface area (Å²) >= 11 is 7.79. The van der Waals surface area contributed by atoms with Crippen molar-refractivity contribution < 1.29 is 9.53 Å². The zero-order valence-electron chi connectivity index (χ0n) is 19.1. The van der Waals surface area contributed by atoms with Crippen molar-refractivity contribution in [1.82, 2.24) is 19.2 Å². The van der Waals surface area contributed by atoms with E-state index >= 15 is 0 Å². The SMILES string of the molecule is COc1cccc(NC(=O)N2CCN(Cc3c(-c4ccc(Cl)cc4)nc4sc(C)cn34)CC2)c1. The smallest absolute Gasteiger partial charge is 0.321 e. The zero-order chi connectivity index (χ0) is 23.7. The van der Waals surface area contributed by atoms with Gasteiger partial charge in [-0.05, 0) is 31.2 Å². The molecule has 2 aromatic carbocycles. The number of aryl methyl sites for hydroxylation is 1. The number of carbonyl (C=O) groups is 1. The highest BCUT2D eigenvalue weighted by Gasteiger charge is 2.24. The van der Waals surface area contributed by atoms with Crippen molar-refractivity contribution in [3.63, 3.8) is 0 Å². The molecule has 0 saturated carbocycles. The Morgan fingerprint density at radius 1 is 1.15 bits per heavy atom.